The van der Waals surface area contributed by atoms with Crippen LogP contribution in [0.2, 0.25) is 5.02 Å². The van der Waals surface area contributed by atoms with E-state index in [0.29, 0.717) is 22.5 Å². The SMILES string of the molecule is C[C@H](NS(=O)(=O)c1ccc(NC(=O)/C=C/c2ccc(Cl)cc2)cc1)[C@H]1C[C@@H]2CC[C@@H]1C2. The molecule has 7 heteroatoms. The Kier molecular flexibility index (Phi) is 6.51. The average molecular weight is 459 g/mol. The van der Waals surface area contributed by atoms with Crippen molar-refractivity contribution in [2.75, 3.05) is 5.32 Å². The van der Waals surface area contributed by atoms with Crippen LogP contribution in [0.4, 0.5) is 5.69 Å². The highest BCUT2D eigenvalue weighted by molar-refractivity contribution is 7.89. The molecule has 5 nitrogen and oxygen atoms in total. The van der Waals surface area contributed by atoms with E-state index in [1.54, 1.807) is 30.3 Å². The molecule has 4 rings (SSSR count). The summed E-state index contributed by atoms with van der Waals surface area (Å²) < 4.78 is 28.5. The van der Waals surface area contributed by atoms with Gasteiger partial charge in [0.25, 0.3) is 0 Å². The summed E-state index contributed by atoms with van der Waals surface area (Å²) in [5.41, 5.74) is 1.39. The van der Waals surface area contributed by atoms with Crippen LogP contribution in [0.25, 0.3) is 6.08 Å². The zero-order valence-corrected chi connectivity index (χ0v) is 19.0. The summed E-state index contributed by atoms with van der Waals surface area (Å²) >= 11 is 5.85. The first-order valence-electron chi connectivity index (χ1n) is 10.7. The number of halogens is 1. The van der Waals surface area contributed by atoms with Crippen LogP contribution >= 0.6 is 11.6 Å². The second kappa shape index (κ2) is 9.15. The Labute approximate surface area is 188 Å². The molecule has 2 aliphatic rings. The third kappa shape index (κ3) is 5.37. The summed E-state index contributed by atoms with van der Waals surface area (Å²) in [6.07, 6.45) is 8.00. The number of rotatable bonds is 7. The zero-order chi connectivity index (χ0) is 22.0. The largest absolute Gasteiger partial charge is 0.323 e. The minimum atomic E-state index is -3.60. The zero-order valence-electron chi connectivity index (χ0n) is 17.4. The maximum atomic E-state index is 12.8. The molecule has 2 N–H and O–H groups in total. The quantitative estimate of drug-likeness (QED) is 0.567. The number of anilines is 1. The first-order valence-corrected chi connectivity index (χ1v) is 12.5. The maximum absolute atomic E-state index is 12.8. The number of carbonyl (C=O) groups excluding carboxylic acids is 1. The van der Waals surface area contributed by atoms with Gasteiger partial charge in [0, 0.05) is 22.8 Å². The summed E-state index contributed by atoms with van der Waals surface area (Å²) in [7, 11) is -3.60. The second-order valence-electron chi connectivity index (χ2n) is 8.65. The molecule has 0 saturated heterocycles. The standard InChI is InChI=1S/C24H27ClN2O3S/c1-16(23-15-18-2-6-19(23)14-18)27-31(29,30)22-11-9-21(10-12-22)26-24(28)13-5-17-3-7-20(25)8-4-17/h3-5,7-13,16,18-19,23,27H,2,6,14-15H2,1H3,(H,26,28)/b13-5+/t16-,18+,19+,23+/m0/s1. The summed E-state index contributed by atoms with van der Waals surface area (Å²) in [5.74, 6) is 1.56. The highest BCUT2D eigenvalue weighted by atomic mass is 35.5. The Balaban J connectivity index is 1.34. The molecule has 2 aromatic rings. The van der Waals surface area contributed by atoms with E-state index in [1.165, 1.54) is 37.5 Å². The molecule has 31 heavy (non-hydrogen) atoms. The highest BCUT2D eigenvalue weighted by Gasteiger charge is 2.42. The second-order valence-corrected chi connectivity index (χ2v) is 10.8. The molecule has 2 saturated carbocycles. The normalized spacial score (nSPS) is 23.9. The number of hydrogen-bond donors (Lipinski definition) is 2. The number of carbonyl (C=O) groups is 1. The van der Waals surface area contributed by atoms with Crippen molar-refractivity contribution in [1.29, 1.82) is 0 Å². The first-order chi connectivity index (χ1) is 14.8. The van der Waals surface area contributed by atoms with E-state index in [4.69, 9.17) is 11.6 Å². The third-order valence-electron chi connectivity index (χ3n) is 6.51. The number of fused-ring (bicyclic) bond motifs is 2. The van der Waals surface area contributed by atoms with Crippen molar-refractivity contribution in [2.45, 2.75) is 43.5 Å². The molecular formula is C24H27ClN2O3S. The van der Waals surface area contributed by atoms with Crippen LogP contribution in [0, 0.1) is 17.8 Å². The van der Waals surface area contributed by atoms with Gasteiger partial charge in [-0.2, -0.15) is 0 Å². The van der Waals surface area contributed by atoms with E-state index in [2.05, 4.69) is 10.0 Å². The van der Waals surface area contributed by atoms with Crippen LogP contribution in [0.15, 0.2) is 59.5 Å². The summed E-state index contributed by atoms with van der Waals surface area (Å²) in [6, 6.07) is 13.3. The first kappa shape index (κ1) is 22.1. The Hall–Kier alpha value is -2.15. The number of benzene rings is 2. The summed E-state index contributed by atoms with van der Waals surface area (Å²) in [4.78, 5) is 12.3. The molecule has 0 radical (unpaired) electrons. The van der Waals surface area contributed by atoms with Crippen molar-refractivity contribution in [1.82, 2.24) is 4.72 Å². The van der Waals surface area contributed by atoms with Gasteiger partial charge >= 0.3 is 0 Å². The van der Waals surface area contributed by atoms with E-state index < -0.39 is 10.0 Å². The Morgan fingerprint density at radius 3 is 2.39 bits per heavy atom. The lowest BCUT2D eigenvalue weighted by atomic mass is 9.84. The molecule has 2 bridgehead atoms. The summed E-state index contributed by atoms with van der Waals surface area (Å²) in [5, 5.41) is 3.37. The predicted molar refractivity (Wildman–Crippen MR) is 124 cm³/mol. The molecule has 1 amide bonds. The van der Waals surface area contributed by atoms with Gasteiger partial charge in [-0.1, -0.05) is 30.2 Å². The van der Waals surface area contributed by atoms with Gasteiger partial charge in [-0.3, -0.25) is 4.79 Å². The van der Waals surface area contributed by atoms with Gasteiger partial charge < -0.3 is 5.32 Å². The van der Waals surface area contributed by atoms with Gasteiger partial charge in [-0.25, -0.2) is 13.1 Å². The number of amides is 1. The predicted octanol–water partition coefficient (Wildman–Crippen LogP) is 5.09. The number of nitrogens with one attached hydrogen (secondary N) is 2. The monoisotopic (exact) mass is 458 g/mol. The fraction of sp³-hybridized carbons (Fsp3) is 0.375. The van der Waals surface area contributed by atoms with Gasteiger partial charge in [-0.05, 0) is 92.0 Å². The summed E-state index contributed by atoms with van der Waals surface area (Å²) in [6.45, 7) is 1.98. The average Bonchev–Trinajstić information content (AvgIpc) is 3.37. The third-order valence-corrected chi connectivity index (χ3v) is 8.33. The van der Waals surface area contributed by atoms with Gasteiger partial charge in [0.15, 0.2) is 0 Å². The van der Waals surface area contributed by atoms with Crippen LogP contribution < -0.4 is 10.0 Å². The number of hydrogen-bond acceptors (Lipinski definition) is 3. The lowest BCUT2D eigenvalue weighted by Gasteiger charge is -2.28. The Morgan fingerprint density at radius 2 is 1.77 bits per heavy atom. The molecule has 4 atom stereocenters. The molecule has 0 heterocycles. The molecule has 164 valence electrons. The van der Waals surface area contributed by atoms with Crippen molar-refractivity contribution in [3.63, 3.8) is 0 Å². The van der Waals surface area contributed by atoms with E-state index in [9.17, 15) is 13.2 Å². The van der Waals surface area contributed by atoms with Gasteiger partial charge in [-0.15, -0.1) is 0 Å². The molecule has 2 aliphatic carbocycles. The van der Waals surface area contributed by atoms with E-state index >= 15 is 0 Å². The van der Waals surface area contributed by atoms with E-state index in [0.717, 1.165) is 17.9 Å². The van der Waals surface area contributed by atoms with Crippen molar-refractivity contribution in [3.05, 3.63) is 65.2 Å². The van der Waals surface area contributed by atoms with Crippen LogP contribution in [0.1, 0.15) is 38.2 Å². The topological polar surface area (TPSA) is 75.3 Å². The fourth-order valence-electron chi connectivity index (χ4n) is 4.95. The van der Waals surface area contributed by atoms with Gasteiger partial charge in [0.05, 0.1) is 4.90 Å². The van der Waals surface area contributed by atoms with Crippen molar-refractivity contribution in [2.24, 2.45) is 17.8 Å². The molecule has 0 unspecified atom stereocenters. The molecule has 0 aliphatic heterocycles. The van der Waals surface area contributed by atoms with Gasteiger partial charge in [0.2, 0.25) is 15.9 Å². The Bertz CT molecular complexity index is 1070. The maximum Gasteiger partial charge on any atom is 0.248 e. The smallest absolute Gasteiger partial charge is 0.248 e. The number of sulfonamides is 1. The fourth-order valence-corrected chi connectivity index (χ4v) is 6.37. The molecule has 0 aromatic heterocycles. The lowest BCUT2D eigenvalue weighted by molar-refractivity contribution is -0.111. The van der Waals surface area contributed by atoms with E-state index in [-0.39, 0.29) is 16.8 Å². The highest BCUT2D eigenvalue weighted by Crippen LogP contribution is 2.49. The minimum Gasteiger partial charge on any atom is -0.323 e. The lowest BCUT2D eigenvalue weighted by Crippen LogP contribution is -2.40. The molecule has 2 fully saturated rings. The molecular weight excluding hydrogens is 432 g/mol. The van der Waals surface area contributed by atoms with Crippen molar-refractivity contribution in [3.8, 4) is 0 Å². The van der Waals surface area contributed by atoms with Crippen LogP contribution in [-0.2, 0) is 14.8 Å². The van der Waals surface area contributed by atoms with Crippen LogP contribution in [0.3, 0.4) is 0 Å². The molecule has 2 aromatic carbocycles. The van der Waals surface area contributed by atoms with Crippen LogP contribution in [0.5, 0.6) is 0 Å². The van der Waals surface area contributed by atoms with Gasteiger partial charge in [0.1, 0.15) is 0 Å². The van der Waals surface area contributed by atoms with Crippen molar-refractivity contribution < 1.29 is 13.2 Å². The Morgan fingerprint density at radius 1 is 1.06 bits per heavy atom. The molecule has 0 spiro atoms. The minimum absolute atomic E-state index is 0.0716. The van der Waals surface area contributed by atoms with E-state index in [1.807, 2.05) is 19.1 Å². The van der Waals surface area contributed by atoms with Crippen LogP contribution in [-0.4, -0.2) is 20.4 Å². The van der Waals surface area contributed by atoms with Crippen molar-refractivity contribution >= 4 is 39.3 Å².